The monoisotopic (exact) mass is 223 g/mol. The smallest absolute Gasteiger partial charge is 0.145 e. The Balaban J connectivity index is 2.58. The molecule has 0 aromatic heterocycles. The van der Waals surface area contributed by atoms with Gasteiger partial charge in [0.15, 0.2) is 0 Å². The van der Waals surface area contributed by atoms with Gasteiger partial charge in [0.1, 0.15) is 11.5 Å². The Bertz CT molecular complexity index is 326. The molecule has 0 heterocycles. The van der Waals surface area contributed by atoms with Crippen LogP contribution >= 0.6 is 0 Å². The Morgan fingerprint density at radius 1 is 1.38 bits per heavy atom. The second-order valence-corrected chi connectivity index (χ2v) is 4.11. The molecular formula is C13H21NO2. The van der Waals surface area contributed by atoms with Crippen LogP contribution in [-0.4, -0.2) is 13.7 Å². The van der Waals surface area contributed by atoms with Gasteiger partial charge in [0.05, 0.1) is 19.4 Å². The quantitative estimate of drug-likeness (QED) is 0.754. The highest BCUT2D eigenvalue weighted by Gasteiger charge is 2.06. The zero-order valence-corrected chi connectivity index (χ0v) is 10.3. The zero-order valence-electron chi connectivity index (χ0n) is 10.3. The Labute approximate surface area is 97.6 Å². The van der Waals surface area contributed by atoms with Gasteiger partial charge in [0.2, 0.25) is 0 Å². The molecule has 1 aromatic carbocycles. The normalized spacial score (nSPS) is 12.2. The first-order valence-corrected chi connectivity index (χ1v) is 5.73. The first kappa shape index (κ1) is 12.7. The summed E-state index contributed by atoms with van der Waals surface area (Å²) in [4.78, 5) is 0. The van der Waals surface area contributed by atoms with E-state index >= 15 is 0 Å². The maximum atomic E-state index is 5.82. The van der Waals surface area contributed by atoms with Crippen molar-refractivity contribution in [1.82, 2.24) is 0 Å². The van der Waals surface area contributed by atoms with Gasteiger partial charge in [-0.25, -0.2) is 0 Å². The van der Waals surface area contributed by atoms with Gasteiger partial charge < -0.3 is 15.2 Å². The molecule has 0 saturated heterocycles. The van der Waals surface area contributed by atoms with Gasteiger partial charge in [0.25, 0.3) is 0 Å². The third-order valence-corrected chi connectivity index (χ3v) is 2.53. The summed E-state index contributed by atoms with van der Waals surface area (Å²) in [6.07, 6.45) is 2.35. The van der Waals surface area contributed by atoms with Crippen LogP contribution in [-0.2, 0) is 0 Å². The average molecular weight is 223 g/mol. The predicted molar refractivity (Wildman–Crippen MR) is 67.0 cm³/mol. The summed E-state index contributed by atoms with van der Waals surface area (Å²) in [5, 5.41) is 0. The van der Waals surface area contributed by atoms with Gasteiger partial charge in [-0.3, -0.25) is 0 Å². The average Bonchev–Trinajstić information content (AvgIpc) is 2.28. The van der Waals surface area contributed by atoms with Crippen LogP contribution in [0, 0.1) is 5.92 Å². The molecule has 0 amide bonds. The van der Waals surface area contributed by atoms with E-state index in [0.29, 0.717) is 24.0 Å². The van der Waals surface area contributed by atoms with Crippen molar-refractivity contribution in [2.45, 2.75) is 26.7 Å². The summed E-state index contributed by atoms with van der Waals surface area (Å²) >= 11 is 0. The van der Waals surface area contributed by atoms with Crippen molar-refractivity contribution in [2.75, 3.05) is 19.5 Å². The lowest BCUT2D eigenvalue weighted by atomic mass is 10.1. The molecule has 3 heteroatoms. The summed E-state index contributed by atoms with van der Waals surface area (Å²) in [5.41, 5.74) is 6.48. The lowest BCUT2D eigenvalue weighted by Crippen LogP contribution is -2.09. The van der Waals surface area contributed by atoms with Gasteiger partial charge >= 0.3 is 0 Å². The van der Waals surface area contributed by atoms with E-state index in [1.807, 2.05) is 12.1 Å². The van der Waals surface area contributed by atoms with Crippen molar-refractivity contribution >= 4 is 5.69 Å². The highest BCUT2D eigenvalue weighted by atomic mass is 16.5. The molecule has 3 nitrogen and oxygen atoms in total. The van der Waals surface area contributed by atoms with Crippen LogP contribution in [0.1, 0.15) is 26.7 Å². The molecule has 16 heavy (non-hydrogen) atoms. The number of ether oxygens (including phenoxy) is 2. The van der Waals surface area contributed by atoms with Crippen LogP contribution in [0.25, 0.3) is 0 Å². The van der Waals surface area contributed by atoms with E-state index in [9.17, 15) is 0 Å². The highest BCUT2D eigenvalue weighted by Crippen LogP contribution is 2.27. The van der Waals surface area contributed by atoms with Crippen LogP contribution in [0.15, 0.2) is 18.2 Å². The van der Waals surface area contributed by atoms with Crippen LogP contribution in [0.4, 0.5) is 5.69 Å². The number of anilines is 1. The topological polar surface area (TPSA) is 44.5 Å². The van der Waals surface area contributed by atoms with Crippen molar-refractivity contribution in [1.29, 1.82) is 0 Å². The molecule has 0 saturated carbocycles. The molecule has 1 aromatic rings. The molecule has 1 atom stereocenters. The van der Waals surface area contributed by atoms with E-state index in [2.05, 4.69) is 13.8 Å². The fraction of sp³-hybridized carbons (Fsp3) is 0.538. The van der Waals surface area contributed by atoms with Crippen molar-refractivity contribution in [3.8, 4) is 11.5 Å². The highest BCUT2D eigenvalue weighted by molar-refractivity contribution is 5.55. The Hall–Kier alpha value is -1.38. The summed E-state index contributed by atoms with van der Waals surface area (Å²) in [5.74, 6) is 2.03. The van der Waals surface area contributed by atoms with Gasteiger partial charge in [0, 0.05) is 6.07 Å². The number of nitrogen functional groups attached to an aromatic ring is 1. The maximum absolute atomic E-state index is 5.82. The van der Waals surface area contributed by atoms with Crippen molar-refractivity contribution < 1.29 is 9.47 Å². The third-order valence-electron chi connectivity index (χ3n) is 2.53. The number of rotatable bonds is 6. The lowest BCUT2D eigenvalue weighted by Gasteiger charge is -2.14. The van der Waals surface area contributed by atoms with Crippen LogP contribution < -0.4 is 15.2 Å². The summed E-state index contributed by atoms with van der Waals surface area (Å²) in [6.45, 7) is 5.06. The number of hydrogen-bond donors (Lipinski definition) is 1. The number of methoxy groups -OCH3 is 1. The number of benzene rings is 1. The minimum atomic E-state index is 0.551. The first-order chi connectivity index (χ1) is 7.67. The molecule has 0 aliphatic heterocycles. The van der Waals surface area contributed by atoms with E-state index < -0.39 is 0 Å². The number of hydrogen-bond acceptors (Lipinski definition) is 3. The zero-order chi connectivity index (χ0) is 12.0. The minimum Gasteiger partial charge on any atom is -0.497 e. The van der Waals surface area contributed by atoms with Gasteiger partial charge in [-0.1, -0.05) is 20.3 Å². The molecule has 1 unspecified atom stereocenters. The van der Waals surface area contributed by atoms with Crippen LogP contribution in [0.5, 0.6) is 11.5 Å². The molecule has 0 aliphatic rings. The lowest BCUT2D eigenvalue weighted by molar-refractivity contribution is 0.251. The fourth-order valence-corrected chi connectivity index (χ4v) is 1.57. The molecule has 0 fully saturated rings. The SMILES string of the molecule is CCCC(C)COc1cc(OC)ccc1N. The minimum absolute atomic E-state index is 0.551. The molecule has 2 N–H and O–H groups in total. The molecule has 0 spiro atoms. The molecule has 0 aliphatic carbocycles. The standard InChI is InChI=1S/C13H21NO2/c1-4-5-10(2)9-16-13-8-11(15-3)6-7-12(13)14/h6-8,10H,4-5,9,14H2,1-3H3. The van der Waals surface area contributed by atoms with E-state index in [4.69, 9.17) is 15.2 Å². The first-order valence-electron chi connectivity index (χ1n) is 5.73. The van der Waals surface area contributed by atoms with Crippen molar-refractivity contribution in [3.05, 3.63) is 18.2 Å². The van der Waals surface area contributed by atoms with E-state index in [0.717, 1.165) is 5.75 Å². The Morgan fingerprint density at radius 2 is 2.12 bits per heavy atom. The Kier molecular flexibility index (Phi) is 4.96. The maximum Gasteiger partial charge on any atom is 0.145 e. The molecule has 0 radical (unpaired) electrons. The predicted octanol–water partition coefficient (Wildman–Crippen LogP) is 3.09. The van der Waals surface area contributed by atoms with E-state index in [-0.39, 0.29) is 0 Å². The number of nitrogens with two attached hydrogens (primary N) is 1. The molecular weight excluding hydrogens is 202 g/mol. The summed E-state index contributed by atoms with van der Waals surface area (Å²) in [6, 6.07) is 5.46. The van der Waals surface area contributed by atoms with Gasteiger partial charge in [-0.2, -0.15) is 0 Å². The van der Waals surface area contributed by atoms with Crippen LogP contribution in [0.3, 0.4) is 0 Å². The molecule has 90 valence electrons. The van der Waals surface area contributed by atoms with Crippen molar-refractivity contribution in [3.63, 3.8) is 0 Å². The summed E-state index contributed by atoms with van der Waals surface area (Å²) in [7, 11) is 1.63. The van der Waals surface area contributed by atoms with Crippen molar-refractivity contribution in [2.24, 2.45) is 5.92 Å². The van der Waals surface area contributed by atoms with E-state index in [1.165, 1.54) is 12.8 Å². The Morgan fingerprint density at radius 3 is 2.75 bits per heavy atom. The fourth-order valence-electron chi connectivity index (χ4n) is 1.57. The summed E-state index contributed by atoms with van der Waals surface area (Å²) < 4.78 is 10.8. The largest absolute Gasteiger partial charge is 0.497 e. The molecule has 1 rings (SSSR count). The second kappa shape index (κ2) is 6.26. The van der Waals surface area contributed by atoms with Crippen LogP contribution in [0.2, 0.25) is 0 Å². The van der Waals surface area contributed by atoms with E-state index in [1.54, 1.807) is 13.2 Å². The van der Waals surface area contributed by atoms with Gasteiger partial charge in [-0.05, 0) is 24.5 Å². The van der Waals surface area contributed by atoms with Gasteiger partial charge in [-0.15, -0.1) is 0 Å². The second-order valence-electron chi connectivity index (χ2n) is 4.11. The third kappa shape index (κ3) is 3.65. The molecule has 0 bridgehead atoms.